The lowest BCUT2D eigenvalue weighted by Gasteiger charge is -2.27. The number of halogens is 1. The van der Waals surface area contributed by atoms with Gasteiger partial charge in [-0.05, 0) is 50.9 Å². The molecule has 0 bridgehead atoms. The molecule has 2 N–H and O–H groups in total. The lowest BCUT2D eigenvalue weighted by molar-refractivity contribution is -0.0342. The van der Waals surface area contributed by atoms with Crippen molar-refractivity contribution in [3.05, 3.63) is 34.3 Å². The summed E-state index contributed by atoms with van der Waals surface area (Å²) in [4.78, 5) is 17.4. The first kappa shape index (κ1) is 14.5. The molecule has 0 atom stereocenters. The summed E-state index contributed by atoms with van der Waals surface area (Å²) in [5.41, 5.74) is 3.14. The van der Waals surface area contributed by atoms with Gasteiger partial charge >= 0.3 is 0 Å². The number of carbonyl (C=O) groups is 1. The Morgan fingerprint density at radius 2 is 2.05 bits per heavy atom. The van der Waals surface area contributed by atoms with Crippen LogP contribution in [0.3, 0.4) is 0 Å². The van der Waals surface area contributed by atoms with Crippen LogP contribution in [0.4, 0.5) is 0 Å². The molecular weight excluding hydrogens is 308 g/mol. The SMILES string of the molecule is CNC1CCC(ONC(=O)c2cccc(Br)c2)CC1. The summed E-state index contributed by atoms with van der Waals surface area (Å²) in [6.45, 7) is 0. The van der Waals surface area contributed by atoms with Gasteiger partial charge in [-0.1, -0.05) is 22.0 Å². The molecule has 4 nitrogen and oxygen atoms in total. The molecule has 0 aromatic heterocycles. The minimum Gasteiger partial charge on any atom is -0.317 e. The molecule has 2 rings (SSSR count). The van der Waals surface area contributed by atoms with E-state index in [0.717, 1.165) is 30.2 Å². The van der Waals surface area contributed by atoms with Crippen LogP contribution in [0.5, 0.6) is 0 Å². The van der Waals surface area contributed by atoms with Gasteiger partial charge in [0.1, 0.15) is 0 Å². The van der Waals surface area contributed by atoms with E-state index >= 15 is 0 Å². The van der Waals surface area contributed by atoms with Gasteiger partial charge in [-0.25, -0.2) is 5.48 Å². The molecule has 0 spiro atoms. The smallest absolute Gasteiger partial charge is 0.274 e. The van der Waals surface area contributed by atoms with Gasteiger partial charge in [0.15, 0.2) is 0 Å². The molecule has 1 fully saturated rings. The Labute approximate surface area is 122 Å². The first-order chi connectivity index (χ1) is 9.19. The number of carbonyl (C=O) groups excluding carboxylic acids is 1. The van der Waals surface area contributed by atoms with E-state index in [1.165, 1.54) is 0 Å². The Kier molecular flexibility index (Phi) is 5.36. The third-order valence-corrected chi connectivity index (χ3v) is 3.98. The number of amides is 1. The summed E-state index contributed by atoms with van der Waals surface area (Å²) >= 11 is 3.34. The molecular formula is C14H19BrN2O2. The van der Waals surface area contributed by atoms with Crippen molar-refractivity contribution in [2.24, 2.45) is 0 Å². The van der Waals surface area contributed by atoms with Crippen molar-refractivity contribution in [1.29, 1.82) is 0 Å². The summed E-state index contributed by atoms with van der Waals surface area (Å²) in [5, 5.41) is 3.27. The van der Waals surface area contributed by atoms with E-state index in [4.69, 9.17) is 4.84 Å². The van der Waals surface area contributed by atoms with Crippen LogP contribution in [-0.4, -0.2) is 25.1 Å². The Morgan fingerprint density at radius 1 is 1.32 bits per heavy atom. The maximum Gasteiger partial charge on any atom is 0.274 e. The fraction of sp³-hybridized carbons (Fsp3) is 0.500. The highest BCUT2D eigenvalue weighted by molar-refractivity contribution is 9.10. The maximum absolute atomic E-state index is 11.9. The zero-order chi connectivity index (χ0) is 13.7. The zero-order valence-electron chi connectivity index (χ0n) is 11.0. The lowest BCUT2D eigenvalue weighted by Crippen LogP contribution is -2.36. The molecule has 0 heterocycles. The van der Waals surface area contributed by atoms with E-state index in [1.54, 1.807) is 12.1 Å². The fourth-order valence-corrected chi connectivity index (χ4v) is 2.69. The normalized spacial score (nSPS) is 23.1. The summed E-state index contributed by atoms with van der Waals surface area (Å²) in [6, 6.07) is 7.84. The van der Waals surface area contributed by atoms with Crippen molar-refractivity contribution >= 4 is 21.8 Å². The monoisotopic (exact) mass is 326 g/mol. The molecule has 1 aliphatic rings. The second kappa shape index (κ2) is 7.03. The van der Waals surface area contributed by atoms with Crippen molar-refractivity contribution < 1.29 is 9.63 Å². The minimum atomic E-state index is -0.197. The van der Waals surface area contributed by atoms with Crippen LogP contribution in [0.1, 0.15) is 36.0 Å². The average molecular weight is 327 g/mol. The molecule has 0 radical (unpaired) electrons. The summed E-state index contributed by atoms with van der Waals surface area (Å²) in [7, 11) is 1.99. The number of hydrogen-bond acceptors (Lipinski definition) is 3. The molecule has 1 aromatic carbocycles. The topological polar surface area (TPSA) is 50.4 Å². The molecule has 0 saturated heterocycles. The van der Waals surface area contributed by atoms with E-state index in [-0.39, 0.29) is 12.0 Å². The minimum absolute atomic E-state index is 0.126. The van der Waals surface area contributed by atoms with Gasteiger partial charge in [0, 0.05) is 16.1 Å². The van der Waals surface area contributed by atoms with Gasteiger partial charge in [0.25, 0.3) is 5.91 Å². The predicted molar refractivity (Wildman–Crippen MR) is 77.8 cm³/mol. The van der Waals surface area contributed by atoms with Crippen molar-refractivity contribution in [3.8, 4) is 0 Å². The van der Waals surface area contributed by atoms with Gasteiger partial charge in [-0.15, -0.1) is 0 Å². The highest BCUT2D eigenvalue weighted by Gasteiger charge is 2.21. The van der Waals surface area contributed by atoms with Gasteiger partial charge in [0.05, 0.1) is 6.10 Å². The fourth-order valence-electron chi connectivity index (χ4n) is 2.29. The molecule has 1 amide bonds. The van der Waals surface area contributed by atoms with Crippen LogP contribution in [-0.2, 0) is 4.84 Å². The molecule has 1 saturated carbocycles. The number of benzene rings is 1. The molecule has 0 unspecified atom stereocenters. The van der Waals surface area contributed by atoms with Crippen LogP contribution < -0.4 is 10.8 Å². The predicted octanol–water partition coefficient (Wildman–Crippen LogP) is 2.64. The third-order valence-electron chi connectivity index (χ3n) is 3.49. The van der Waals surface area contributed by atoms with E-state index in [2.05, 4.69) is 26.7 Å². The maximum atomic E-state index is 11.9. The molecule has 1 aliphatic carbocycles. The summed E-state index contributed by atoms with van der Waals surface area (Å²) in [6.07, 6.45) is 4.26. The van der Waals surface area contributed by atoms with Crippen molar-refractivity contribution in [2.45, 2.75) is 37.8 Å². The van der Waals surface area contributed by atoms with Gasteiger partial charge in [0.2, 0.25) is 0 Å². The lowest BCUT2D eigenvalue weighted by atomic mass is 9.93. The third kappa shape index (κ3) is 4.30. The van der Waals surface area contributed by atoms with E-state index < -0.39 is 0 Å². The number of hydrogen-bond donors (Lipinski definition) is 2. The van der Waals surface area contributed by atoms with Crippen LogP contribution in [0.15, 0.2) is 28.7 Å². The number of nitrogens with one attached hydrogen (secondary N) is 2. The first-order valence-electron chi connectivity index (χ1n) is 6.58. The van der Waals surface area contributed by atoms with Crippen molar-refractivity contribution in [2.75, 3.05) is 7.05 Å². The van der Waals surface area contributed by atoms with E-state index in [0.29, 0.717) is 11.6 Å². The van der Waals surface area contributed by atoms with Crippen LogP contribution >= 0.6 is 15.9 Å². The quantitative estimate of drug-likeness (QED) is 0.836. The van der Waals surface area contributed by atoms with Crippen LogP contribution in [0.25, 0.3) is 0 Å². The largest absolute Gasteiger partial charge is 0.317 e. The molecule has 1 aromatic rings. The summed E-state index contributed by atoms with van der Waals surface area (Å²) < 4.78 is 0.884. The Hall–Kier alpha value is -0.910. The highest BCUT2D eigenvalue weighted by Crippen LogP contribution is 2.20. The van der Waals surface area contributed by atoms with Gasteiger partial charge < -0.3 is 5.32 Å². The van der Waals surface area contributed by atoms with Crippen molar-refractivity contribution in [3.63, 3.8) is 0 Å². The van der Waals surface area contributed by atoms with Crippen molar-refractivity contribution in [1.82, 2.24) is 10.8 Å². The number of rotatable bonds is 4. The van der Waals surface area contributed by atoms with Gasteiger partial charge in [-0.2, -0.15) is 0 Å². The molecule has 104 valence electrons. The number of hydroxylamine groups is 1. The zero-order valence-corrected chi connectivity index (χ0v) is 12.6. The molecule has 19 heavy (non-hydrogen) atoms. The molecule has 5 heteroatoms. The highest BCUT2D eigenvalue weighted by atomic mass is 79.9. The van der Waals surface area contributed by atoms with Crippen LogP contribution in [0, 0.1) is 0 Å². The Balaban J connectivity index is 1.78. The van der Waals surface area contributed by atoms with Crippen LogP contribution in [0.2, 0.25) is 0 Å². The standard InChI is InChI=1S/C14H19BrN2O2/c1-16-12-5-7-13(8-6-12)19-17-14(18)10-3-2-4-11(15)9-10/h2-4,9,12-13,16H,5-8H2,1H3,(H,17,18). The van der Waals surface area contributed by atoms with Gasteiger partial charge in [-0.3, -0.25) is 9.63 Å². The second-order valence-corrected chi connectivity index (χ2v) is 5.74. The Morgan fingerprint density at radius 3 is 2.68 bits per heavy atom. The van der Waals surface area contributed by atoms with E-state index in [9.17, 15) is 4.79 Å². The second-order valence-electron chi connectivity index (χ2n) is 4.82. The Bertz CT molecular complexity index is 431. The summed E-state index contributed by atoms with van der Waals surface area (Å²) in [5.74, 6) is -0.197. The molecule has 0 aliphatic heterocycles. The first-order valence-corrected chi connectivity index (χ1v) is 7.37. The average Bonchev–Trinajstić information content (AvgIpc) is 2.45. The van der Waals surface area contributed by atoms with E-state index in [1.807, 2.05) is 19.2 Å².